The predicted molar refractivity (Wildman–Crippen MR) is 37.6 cm³/mol. The van der Waals surface area contributed by atoms with Gasteiger partial charge in [-0.25, -0.2) is 0 Å². The number of amides is 1. The molecule has 0 radical (unpaired) electrons. The average Bonchev–Trinajstić information content (AvgIpc) is 2.03. The van der Waals surface area contributed by atoms with Crippen LogP contribution in [0.25, 0.3) is 0 Å². The first-order valence-corrected chi connectivity index (χ1v) is 2.71. The standard InChI is InChI=1S/C7H8N2O/c1-8-7(10)6-2-4-9-5-3-6/h2-5H,1H3,(H,8,10)/i1D3. The number of nitrogens with zero attached hydrogens (tertiary/aromatic N) is 1. The van der Waals surface area contributed by atoms with Gasteiger partial charge in [0.1, 0.15) is 0 Å². The Morgan fingerprint density at radius 2 is 2.40 bits per heavy atom. The van der Waals surface area contributed by atoms with Crippen LogP contribution in [-0.2, 0) is 0 Å². The second kappa shape index (κ2) is 2.96. The Hall–Kier alpha value is -1.38. The van der Waals surface area contributed by atoms with Crippen molar-refractivity contribution in [1.82, 2.24) is 10.3 Å². The molecular formula is C7H8N2O. The highest BCUT2D eigenvalue weighted by Crippen LogP contribution is 1.93. The lowest BCUT2D eigenvalue weighted by Gasteiger charge is -1.95. The Labute approximate surface area is 63.3 Å². The number of carbonyl (C=O) groups is 1. The van der Waals surface area contributed by atoms with Crippen LogP contribution in [0.4, 0.5) is 0 Å². The molecule has 0 aliphatic carbocycles. The molecule has 1 amide bonds. The summed E-state index contributed by atoms with van der Waals surface area (Å²) in [5.41, 5.74) is 0.283. The number of carbonyl (C=O) groups excluding carboxylic acids is 1. The highest BCUT2D eigenvalue weighted by Gasteiger charge is 1.98. The quantitative estimate of drug-likeness (QED) is 0.613. The van der Waals surface area contributed by atoms with E-state index >= 15 is 0 Å². The Morgan fingerprint density at radius 3 is 3.00 bits per heavy atom. The predicted octanol–water partition coefficient (Wildman–Crippen LogP) is 0.441. The molecule has 0 aliphatic rings. The maximum absolute atomic E-state index is 11.2. The molecule has 0 aromatic carbocycles. The van der Waals surface area contributed by atoms with Crippen LogP contribution in [0.5, 0.6) is 0 Å². The summed E-state index contributed by atoms with van der Waals surface area (Å²) >= 11 is 0. The fraction of sp³-hybridized carbons (Fsp3) is 0.143. The SMILES string of the molecule is [2H]C([2H])([2H])NC(=O)c1ccncc1. The molecule has 0 fully saturated rings. The van der Waals surface area contributed by atoms with Crippen molar-refractivity contribution in [3.8, 4) is 0 Å². The molecule has 3 nitrogen and oxygen atoms in total. The van der Waals surface area contributed by atoms with Gasteiger partial charge in [-0.2, -0.15) is 0 Å². The van der Waals surface area contributed by atoms with E-state index in [1.165, 1.54) is 24.5 Å². The van der Waals surface area contributed by atoms with E-state index in [2.05, 4.69) is 4.98 Å². The van der Waals surface area contributed by atoms with Gasteiger partial charge in [0.25, 0.3) is 5.91 Å². The first-order valence-electron chi connectivity index (χ1n) is 4.21. The average molecular weight is 139 g/mol. The fourth-order valence-corrected chi connectivity index (χ4v) is 0.575. The van der Waals surface area contributed by atoms with E-state index in [9.17, 15) is 4.79 Å². The molecule has 10 heavy (non-hydrogen) atoms. The van der Waals surface area contributed by atoms with Gasteiger partial charge in [-0.3, -0.25) is 9.78 Å². The summed E-state index contributed by atoms with van der Waals surface area (Å²) in [5.74, 6) is -0.623. The van der Waals surface area contributed by atoms with Crippen LogP contribution in [-0.4, -0.2) is 17.9 Å². The molecule has 0 saturated heterocycles. The van der Waals surface area contributed by atoms with Crippen LogP contribution in [0.15, 0.2) is 24.5 Å². The van der Waals surface area contributed by atoms with Crippen LogP contribution in [0.1, 0.15) is 14.5 Å². The van der Waals surface area contributed by atoms with Crippen molar-refractivity contribution in [3.05, 3.63) is 30.1 Å². The van der Waals surface area contributed by atoms with E-state index in [-0.39, 0.29) is 5.56 Å². The van der Waals surface area contributed by atoms with Gasteiger partial charge in [0.15, 0.2) is 0 Å². The summed E-state index contributed by atoms with van der Waals surface area (Å²) in [6, 6.07) is 2.89. The normalized spacial score (nSPS) is 14.6. The second-order valence-electron chi connectivity index (χ2n) is 1.69. The van der Waals surface area contributed by atoms with Crippen molar-refractivity contribution in [2.75, 3.05) is 6.98 Å². The summed E-state index contributed by atoms with van der Waals surface area (Å²) in [6.45, 7) is -2.44. The summed E-state index contributed by atoms with van der Waals surface area (Å²) in [7, 11) is 0. The van der Waals surface area contributed by atoms with Gasteiger partial charge >= 0.3 is 0 Å². The van der Waals surface area contributed by atoms with E-state index in [0.717, 1.165) is 0 Å². The molecule has 1 aromatic heterocycles. The van der Waals surface area contributed by atoms with Crippen molar-refractivity contribution >= 4 is 5.91 Å². The molecular weight excluding hydrogens is 128 g/mol. The van der Waals surface area contributed by atoms with Gasteiger partial charge in [0.2, 0.25) is 0 Å². The van der Waals surface area contributed by atoms with E-state index < -0.39 is 12.9 Å². The zero-order chi connectivity index (χ0) is 9.90. The van der Waals surface area contributed by atoms with Crippen LogP contribution in [0.3, 0.4) is 0 Å². The van der Waals surface area contributed by atoms with Crippen molar-refractivity contribution < 1.29 is 8.91 Å². The van der Waals surface area contributed by atoms with Crippen molar-refractivity contribution in [2.45, 2.75) is 0 Å². The lowest BCUT2D eigenvalue weighted by molar-refractivity contribution is 0.0963. The van der Waals surface area contributed by atoms with Gasteiger partial charge in [-0.15, -0.1) is 0 Å². The van der Waals surface area contributed by atoms with Crippen LogP contribution in [0.2, 0.25) is 0 Å². The van der Waals surface area contributed by atoms with Gasteiger partial charge in [0, 0.05) is 29.0 Å². The third kappa shape index (κ3) is 1.31. The largest absolute Gasteiger partial charge is 0.355 e. The lowest BCUT2D eigenvalue weighted by Crippen LogP contribution is -2.17. The first-order chi connectivity index (χ1) is 5.99. The summed E-state index contributed by atoms with van der Waals surface area (Å²) in [4.78, 5) is 14.9. The van der Waals surface area contributed by atoms with Gasteiger partial charge in [-0.1, -0.05) is 0 Å². The molecule has 1 N–H and O–H groups in total. The number of pyridine rings is 1. The van der Waals surface area contributed by atoms with Crippen LogP contribution >= 0.6 is 0 Å². The molecule has 1 aromatic rings. The van der Waals surface area contributed by atoms with Crippen LogP contribution in [0, 0.1) is 0 Å². The minimum Gasteiger partial charge on any atom is -0.355 e. The van der Waals surface area contributed by atoms with E-state index in [4.69, 9.17) is 4.11 Å². The zero-order valence-electron chi connectivity index (χ0n) is 8.16. The third-order valence-electron chi connectivity index (χ3n) is 1.06. The molecule has 0 saturated carbocycles. The molecule has 1 rings (SSSR count). The molecule has 0 bridgehead atoms. The van der Waals surface area contributed by atoms with Gasteiger partial charge in [-0.05, 0) is 12.1 Å². The first kappa shape index (κ1) is 3.71. The Kier molecular flexibility index (Phi) is 1.10. The maximum Gasteiger partial charge on any atom is 0.251 e. The molecule has 1 heterocycles. The monoisotopic (exact) mass is 139 g/mol. The molecule has 0 aliphatic heterocycles. The van der Waals surface area contributed by atoms with E-state index in [1.807, 2.05) is 5.32 Å². The zero-order valence-corrected chi connectivity index (χ0v) is 5.16. The fourth-order valence-electron chi connectivity index (χ4n) is 0.575. The molecule has 0 atom stereocenters. The molecule has 3 heteroatoms. The van der Waals surface area contributed by atoms with Gasteiger partial charge < -0.3 is 5.32 Å². The third-order valence-corrected chi connectivity index (χ3v) is 1.06. The number of hydrogen-bond donors (Lipinski definition) is 1. The number of hydrogen-bond acceptors (Lipinski definition) is 2. The van der Waals surface area contributed by atoms with Gasteiger partial charge in [0.05, 0.1) is 0 Å². The Morgan fingerprint density at radius 1 is 1.70 bits per heavy atom. The van der Waals surface area contributed by atoms with E-state index in [0.29, 0.717) is 0 Å². The topological polar surface area (TPSA) is 42.0 Å². The maximum atomic E-state index is 11.2. The Balaban J connectivity index is 2.71. The number of nitrogens with one attached hydrogen (secondary N) is 1. The molecule has 52 valence electrons. The highest BCUT2D eigenvalue weighted by molar-refractivity contribution is 5.93. The van der Waals surface area contributed by atoms with E-state index in [1.54, 1.807) is 0 Å². The van der Waals surface area contributed by atoms with Crippen molar-refractivity contribution in [3.63, 3.8) is 0 Å². The smallest absolute Gasteiger partial charge is 0.251 e. The Bertz CT molecular complexity index is 296. The summed E-state index contributed by atoms with van der Waals surface area (Å²) in [5, 5.41) is 1.87. The minimum absolute atomic E-state index is 0.283. The number of aromatic nitrogens is 1. The second-order valence-corrected chi connectivity index (χ2v) is 1.69. The highest BCUT2D eigenvalue weighted by atomic mass is 16.1. The van der Waals surface area contributed by atoms with Crippen molar-refractivity contribution in [1.29, 1.82) is 0 Å². The molecule has 0 spiro atoms. The summed E-state index contributed by atoms with van der Waals surface area (Å²) < 4.78 is 20.4. The molecule has 0 unspecified atom stereocenters. The minimum atomic E-state index is -2.44. The summed E-state index contributed by atoms with van der Waals surface area (Å²) in [6.07, 6.45) is 2.85. The van der Waals surface area contributed by atoms with Crippen molar-refractivity contribution in [2.24, 2.45) is 0 Å². The number of rotatable bonds is 1. The van der Waals surface area contributed by atoms with Crippen LogP contribution < -0.4 is 5.32 Å². The lowest BCUT2D eigenvalue weighted by atomic mass is 10.2.